The number of aldehydes is 1. The van der Waals surface area contributed by atoms with E-state index < -0.39 is 0 Å². The molecule has 1 aliphatic carbocycles. The molecule has 0 unspecified atom stereocenters. The number of carbonyl (C=O) groups is 1. The lowest BCUT2D eigenvalue weighted by molar-refractivity contribution is -0.104. The number of hydrogen-bond donors (Lipinski definition) is 0. The summed E-state index contributed by atoms with van der Waals surface area (Å²) in [6.45, 7) is 6.48. The van der Waals surface area contributed by atoms with Crippen LogP contribution >= 0.6 is 0 Å². The second kappa shape index (κ2) is 3.73. The molecule has 0 radical (unpaired) electrons. The fourth-order valence-corrected chi connectivity index (χ4v) is 1.76. The van der Waals surface area contributed by atoms with Crippen LogP contribution in [0.15, 0.2) is 35.5 Å². The Bertz CT molecular complexity index is 290. The van der Waals surface area contributed by atoms with Crippen molar-refractivity contribution in [2.24, 2.45) is 5.41 Å². The van der Waals surface area contributed by atoms with Crippen LogP contribution in [0.25, 0.3) is 0 Å². The monoisotopic (exact) mass is 176 g/mol. The van der Waals surface area contributed by atoms with Gasteiger partial charge in [0.15, 0.2) is 0 Å². The van der Waals surface area contributed by atoms with E-state index in [9.17, 15) is 4.79 Å². The Morgan fingerprint density at radius 3 is 2.69 bits per heavy atom. The molecule has 0 aromatic heterocycles. The molecule has 0 heterocycles. The Balaban J connectivity index is 3.04. The van der Waals surface area contributed by atoms with E-state index >= 15 is 0 Å². The van der Waals surface area contributed by atoms with Gasteiger partial charge in [-0.3, -0.25) is 4.79 Å². The predicted molar refractivity (Wildman–Crippen MR) is 55.4 cm³/mol. The van der Waals surface area contributed by atoms with Crippen LogP contribution in [0.5, 0.6) is 0 Å². The molecule has 0 aromatic carbocycles. The summed E-state index contributed by atoms with van der Waals surface area (Å²) in [4.78, 5) is 10.2. The van der Waals surface area contributed by atoms with Crippen LogP contribution in [-0.4, -0.2) is 6.29 Å². The zero-order valence-corrected chi connectivity index (χ0v) is 8.50. The average Bonchev–Trinajstić information content (AvgIpc) is 2.02. The van der Waals surface area contributed by atoms with E-state index in [0.29, 0.717) is 0 Å². The summed E-state index contributed by atoms with van der Waals surface area (Å²) in [5, 5.41) is 0. The van der Waals surface area contributed by atoms with Gasteiger partial charge in [0.1, 0.15) is 6.29 Å². The van der Waals surface area contributed by atoms with E-state index in [1.54, 1.807) is 6.08 Å². The van der Waals surface area contributed by atoms with Crippen molar-refractivity contribution in [3.63, 3.8) is 0 Å². The number of hydrogen-bond acceptors (Lipinski definition) is 1. The molecule has 13 heavy (non-hydrogen) atoms. The van der Waals surface area contributed by atoms with E-state index in [-0.39, 0.29) is 5.41 Å². The summed E-state index contributed by atoms with van der Waals surface area (Å²) in [5.74, 6) is 0. The van der Waals surface area contributed by atoms with Crippen molar-refractivity contribution in [3.05, 3.63) is 35.5 Å². The summed E-state index contributed by atoms with van der Waals surface area (Å²) in [6, 6.07) is 0. The molecule has 70 valence electrons. The van der Waals surface area contributed by atoms with Gasteiger partial charge >= 0.3 is 0 Å². The van der Waals surface area contributed by atoms with Gasteiger partial charge in [0, 0.05) is 0 Å². The highest BCUT2D eigenvalue weighted by atomic mass is 16.1. The zero-order valence-electron chi connectivity index (χ0n) is 8.50. The van der Waals surface area contributed by atoms with Gasteiger partial charge in [0.25, 0.3) is 0 Å². The molecule has 1 rings (SSSR count). The summed E-state index contributed by atoms with van der Waals surface area (Å²) in [7, 11) is 0. The molecule has 0 amide bonds. The highest BCUT2D eigenvalue weighted by molar-refractivity contribution is 5.66. The second-order valence-electron chi connectivity index (χ2n) is 4.08. The lowest BCUT2D eigenvalue weighted by atomic mass is 9.75. The second-order valence-corrected chi connectivity index (χ2v) is 4.08. The Morgan fingerprint density at radius 2 is 2.15 bits per heavy atom. The molecule has 0 saturated carbocycles. The topological polar surface area (TPSA) is 17.1 Å². The van der Waals surface area contributed by atoms with Crippen LogP contribution in [0.4, 0.5) is 0 Å². The standard InChI is InChI=1S/C12H16O/c1-10-6-4-8-12(2,3)11(10)7-5-9-13/h4-7,9H,8H2,1-3H3. The maximum atomic E-state index is 10.2. The molecule has 0 aromatic rings. The van der Waals surface area contributed by atoms with Gasteiger partial charge < -0.3 is 0 Å². The number of rotatable bonds is 2. The first-order valence-electron chi connectivity index (χ1n) is 4.57. The molecule has 0 bridgehead atoms. The van der Waals surface area contributed by atoms with E-state index in [1.165, 1.54) is 11.1 Å². The summed E-state index contributed by atoms with van der Waals surface area (Å²) < 4.78 is 0. The van der Waals surface area contributed by atoms with Crippen LogP contribution < -0.4 is 0 Å². The van der Waals surface area contributed by atoms with Gasteiger partial charge in [-0.05, 0) is 36.0 Å². The molecular weight excluding hydrogens is 160 g/mol. The van der Waals surface area contributed by atoms with Crippen molar-refractivity contribution in [1.82, 2.24) is 0 Å². The Hall–Kier alpha value is -1.11. The average molecular weight is 176 g/mol. The first kappa shape index (κ1) is 9.97. The molecule has 1 nitrogen and oxygen atoms in total. The summed E-state index contributed by atoms with van der Waals surface area (Å²) >= 11 is 0. The van der Waals surface area contributed by atoms with Crippen LogP contribution in [0.1, 0.15) is 27.2 Å². The minimum atomic E-state index is 0.165. The Labute approximate surface area is 79.8 Å². The molecule has 0 aliphatic heterocycles. The van der Waals surface area contributed by atoms with Gasteiger partial charge in [-0.1, -0.05) is 32.1 Å². The van der Waals surface area contributed by atoms with Gasteiger partial charge in [-0.25, -0.2) is 0 Å². The van der Waals surface area contributed by atoms with Crippen LogP contribution in [0.3, 0.4) is 0 Å². The zero-order chi connectivity index (χ0) is 9.90. The van der Waals surface area contributed by atoms with Crippen molar-refractivity contribution in [1.29, 1.82) is 0 Å². The first-order valence-corrected chi connectivity index (χ1v) is 4.57. The molecule has 1 aliphatic rings. The first-order chi connectivity index (χ1) is 6.08. The summed E-state index contributed by atoms with van der Waals surface area (Å²) in [6.07, 6.45) is 9.67. The van der Waals surface area contributed by atoms with Gasteiger partial charge in [0.05, 0.1) is 0 Å². The maximum absolute atomic E-state index is 10.2. The number of carbonyl (C=O) groups excluding carboxylic acids is 1. The number of allylic oxidation sites excluding steroid dienone is 6. The predicted octanol–water partition coefficient (Wildman–Crippen LogP) is 3.04. The molecule has 0 N–H and O–H groups in total. The minimum absolute atomic E-state index is 0.165. The Morgan fingerprint density at radius 1 is 1.46 bits per heavy atom. The molecule has 0 spiro atoms. The van der Waals surface area contributed by atoms with Crippen LogP contribution in [-0.2, 0) is 4.79 Å². The van der Waals surface area contributed by atoms with Gasteiger partial charge in [-0.2, -0.15) is 0 Å². The third-order valence-electron chi connectivity index (χ3n) is 2.49. The lowest BCUT2D eigenvalue weighted by Gasteiger charge is -2.29. The van der Waals surface area contributed by atoms with E-state index in [2.05, 4.69) is 32.9 Å². The van der Waals surface area contributed by atoms with Gasteiger partial charge in [0.2, 0.25) is 0 Å². The third kappa shape index (κ3) is 2.18. The van der Waals surface area contributed by atoms with Crippen molar-refractivity contribution in [2.75, 3.05) is 0 Å². The molecule has 0 atom stereocenters. The van der Waals surface area contributed by atoms with Crippen molar-refractivity contribution < 1.29 is 4.79 Å². The van der Waals surface area contributed by atoms with E-state index in [1.807, 2.05) is 6.08 Å². The maximum Gasteiger partial charge on any atom is 0.142 e. The van der Waals surface area contributed by atoms with Crippen LogP contribution in [0, 0.1) is 5.41 Å². The fraction of sp³-hybridized carbons (Fsp3) is 0.417. The molecular formula is C12H16O. The smallest absolute Gasteiger partial charge is 0.142 e. The minimum Gasteiger partial charge on any atom is -0.299 e. The van der Waals surface area contributed by atoms with Crippen molar-refractivity contribution >= 4 is 6.29 Å². The van der Waals surface area contributed by atoms with E-state index in [4.69, 9.17) is 0 Å². The van der Waals surface area contributed by atoms with Crippen molar-refractivity contribution in [2.45, 2.75) is 27.2 Å². The molecule has 1 heteroatoms. The van der Waals surface area contributed by atoms with Gasteiger partial charge in [-0.15, -0.1) is 0 Å². The SMILES string of the molecule is CC1=C(C=CC=O)C(C)(C)CC=C1. The molecule has 0 fully saturated rings. The lowest BCUT2D eigenvalue weighted by Crippen LogP contribution is -2.16. The third-order valence-corrected chi connectivity index (χ3v) is 2.49. The largest absolute Gasteiger partial charge is 0.299 e. The summed E-state index contributed by atoms with van der Waals surface area (Å²) in [5.41, 5.74) is 2.69. The quantitative estimate of drug-likeness (QED) is 0.467. The van der Waals surface area contributed by atoms with E-state index in [0.717, 1.165) is 12.7 Å². The Kier molecular flexibility index (Phi) is 2.86. The normalized spacial score (nSPS) is 21.2. The fourth-order valence-electron chi connectivity index (χ4n) is 1.76. The van der Waals surface area contributed by atoms with Crippen LogP contribution in [0.2, 0.25) is 0 Å². The van der Waals surface area contributed by atoms with Crippen molar-refractivity contribution in [3.8, 4) is 0 Å². The highest BCUT2D eigenvalue weighted by Gasteiger charge is 2.23. The molecule has 0 saturated heterocycles. The highest BCUT2D eigenvalue weighted by Crippen LogP contribution is 2.37.